The Labute approximate surface area is 218 Å². The Balaban J connectivity index is 1.32. The van der Waals surface area contributed by atoms with Crippen molar-refractivity contribution >= 4 is 50.2 Å². The van der Waals surface area contributed by atoms with Gasteiger partial charge in [0.1, 0.15) is 17.9 Å². The zero-order valence-corrected chi connectivity index (χ0v) is 22.2. The molecule has 0 aliphatic heterocycles. The number of benzene rings is 3. The van der Waals surface area contributed by atoms with Crippen molar-refractivity contribution in [3.63, 3.8) is 0 Å². The fraction of sp³-hybridized carbons (Fsp3) is 0.214. The molecule has 0 radical (unpaired) electrons. The molecule has 8 heteroatoms. The van der Waals surface area contributed by atoms with E-state index in [1.165, 1.54) is 5.56 Å². The highest BCUT2D eigenvalue weighted by Crippen LogP contribution is 2.26. The number of nitrogens with zero attached hydrogens (tertiary/aromatic N) is 5. The Hall–Kier alpha value is -3.78. The normalized spacial score (nSPS) is 12.0. The van der Waals surface area contributed by atoms with Crippen LogP contribution in [0.1, 0.15) is 37.5 Å². The van der Waals surface area contributed by atoms with Crippen molar-refractivity contribution in [1.29, 1.82) is 0 Å². The molecular weight excluding hydrogens is 516 g/mol. The van der Waals surface area contributed by atoms with Crippen LogP contribution in [-0.2, 0) is 19.1 Å². The molecule has 1 N–H and O–H groups in total. The lowest BCUT2D eigenvalue weighted by Gasteiger charge is -2.19. The Kier molecular flexibility index (Phi) is 6.45. The maximum Gasteiger partial charge on any atom is 0.265 e. The Morgan fingerprint density at radius 3 is 2.58 bits per heavy atom. The van der Waals surface area contributed by atoms with E-state index in [0.29, 0.717) is 12.6 Å². The maximum absolute atomic E-state index is 6.13. The average molecular weight is 543 g/mol. The number of hydrazone groups is 1. The molecule has 36 heavy (non-hydrogen) atoms. The number of para-hydroxylation sites is 1. The minimum Gasteiger partial charge on any atom is -0.488 e. The fourth-order valence-electron chi connectivity index (χ4n) is 4.03. The first-order valence-corrected chi connectivity index (χ1v) is 12.5. The summed E-state index contributed by atoms with van der Waals surface area (Å²) in [6, 6.07) is 22.4. The van der Waals surface area contributed by atoms with Gasteiger partial charge in [-0.3, -0.25) is 0 Å². The number of hydrogen-bond donors (Lipinski definition) is 1. The van der Waals surface area contributed by atoms with Gasteiger partial charge < -0.3 is 9.30 Å². The van der Waals surface area contributed by atoms with Crippen molar-refractivity contribution in [3.8, 4) is 5.75 Å². The second-order valence-corrected chi connectivity index (χ2v) is 10.6. The first-order valence-electron chi connectivity index (χ1n) is 11.7. The van der Waals surface area contributed by atoms with Crippen LogP contribution < -0.4 is 10.2 Å². The number of aromatic nitrogens is 4. The third-order valence-corrected chi connectivity index (χ3v) is 6.55. The van der Waals surface area contributed by atoms with Crippen LogP contribution in [0.2, 0.25) is 0 Å². The van der Waals surface area contributed by atoms with Gasteiger partial charge in [-0.25, -0.2) is 5.43 Å². The Morgan fingerprint density at radius 1 is 1.03 bits per heavy atom. The lowest BCUT2D eigenvalue weighted by atomic mass is 9.87. The molecule has 2 heterocycles. The predicted octanol–water partition coefficient (Wildman–Crippen LogP) is 6.60. The Bertz CT molecular complexity index is 1570. The van der Waals surface area contributed by atoms with Crippen LogP contribution in [-0.4, -0.2) is 26.0 Å². The third-order valence-electron chi connectivity index (χ3n) is 6.06. The first-order chi connectivity index (χ1) is 17.3. The van der Waals surface area contributed by atoms with Gasteiger partial charge in [-0.15, -0.1) is 10.2 Å². The maximum atomic E-state index is 6.13. The van der Waals surface area contributed by atoms with E-state index in [9.17, 15) is 0 Å². The second kappa shape index (κ2) is 9.70. The Morgan fingerprint density at radius 2 is 1.81 bits per heavy atom. The van der Waals surface area contributed by atoms with Gasteiger partial charge in [-0.2, -0.15) is 10.1 Å². The molecule has 5 aromatic rings. The van der Waals surface area contributed by atoms with Gasteiger partial charge >= 0.3 is 0 Å². The highest BCUT2D eigenvalue weighted by Gasteiger charge is 2.14. The lowest BCUT2D eigenvalue weighted by Crippen LogP contribution is -2.10. The minimum atomic E-state index is 0.124. The largest absolute Gasteiger partial charge is 0.488 e. The molecule has 0 bridgehead atoms. The summed E-state index contributed by atoms with van der Waals surface area (Å²) in [4.78, 5) is 4.61. The van der Waals surface area contributed by atoms with Gasteiger partial charge in [-0.1, -0.05) is 79.2 Å². The van der Waals surface area contributed by atoms with Crippen molar-refractivity contribution in [2.24, 2.45) is 12.1 Å². The summed E-state index contributed by atoms with van der Waals surface area (Å²) in [5.74, 6) is 1.05. The number of aryl methyl sites for hydroxylation is 1. The first kappa shape index (κ1) is 23.9. The third kappa shape index (κ3) is 4.95. The van der Waals surface area contributed by atoms with Crippen molar-refractivity contribution in [3.05, 3.63) is 87.9 Å². The molecule has 0 saturated carbocycles. The molecule has 0 amide bonds. The van der Waals surface area contributed by atoms with Gasteiger partial charge in [-0.05, 0) is 40.8 Å². The van der Waals surface area contributed by atoms with Crippen molar-refractivity contribution in [1.82, 2.24) is 19.7 Å². The van der Waals surface area contributed by atoms with Crippen LogP contribution >= 0.6 is 15.9 Å². The standard InChI is InChI=1S/C28H27BrN6O/c1-28(2,3)20-11-9-18(10-12-20)17-36-24-14-13-21(29)15-19(24)16-30-33-27-31-26-25(32-34-27)22-7-5-6-8-23(22)35(26)4/h5-16H,17H2,1-4H3,(H,31,33,34)/b30-16+. The molecular formula is C28H27BrN6O. The number of nitrogens with one attached hydrogen (secondary N) is 1. The molecule has 0 saturated heterocycles. The van der Waals surface area contributed by atoms with Gasteiger partial charge in [0.15, 0.2) is 5.65 Å². The molecule has 0 fully saturated rings. The predicted molar refractivity (Wildman–Crippen MR) is 149 cm³/mol. The van der Waals surface area contributed by atoms with E-state index in [0.717, 1.165) is 43.4 Å². The highest BCUT2D eigenvalue weighted by atomic mass is 79.9. The molecule has 0 unspecified atom stereocenters. The van der Waals surface area contributed by atoms with Crippen molar-refractivity contribution in [2.75, 3.05) is 5.43 Å². The number of hydrogen-bond acceptors (Lipinski definition) is 6. The van der Waals surface area contributed by atoms with Crippen molar-refractivity contribution in [2.45, 2.75) is 32.8 Å². The van der Waals surface area contributed by atoms with Gasteiger partial charge in [0, 0.05) is 22.5 Å². The van der Waals surface area contributed by atoms with Crippen LogP contribution in [0.25, 0.3) is 22.1 Å². The SMILES string of the molecule is Cn1c2ccccc2c2nnc(N/N=C/c3cc(Br)ccc3OCc3ccc(C(C)(C)C)cc3)nc21. The summed E-state index contributed by atoms with van der Waals surface area (Å²) in [5, 5.41) is 13.9. The second-order valence-electron chi connectivity index (χ2n) is 9.67. The summed E-state index contributed by atoms with van der Waals surface area (Å²) in [6.45, 7) is 7.09. The van der Waals surface area contributed by atoms with Crippen LogP contribution in [0.3, 0.4) is 0 Å². The van der Waals surface area contributed by atoms with E-state index >= 15 is 0 Å². The van der Waals surface area contributed by atoms with Gasteiger partial charge in [0.05, 0.1) is 11.7 Å². The molecule has 0 spiro atoms. The number of halogens is 1. The van der Waals surface area contributed by atoms with E-state index < -0.39 is 0 Å². The molecule has 7 nitrogen and oxygen atoms in total. The molecule has 0 atom stereocenters. The minimum absolute atomic E-state index is 0.124. The average Bonchev–Trinajstić information content (AvgIpc) is 3.15. The molecule has 0 aliphatic rings. The monoisotopic (exact) mass is 542 g/mol. The summed E-state index contributed by atoms with van der Waals surface area (Å²) < 4.78 is 9.06. The number of ether oxygens (including phenoxy) is 1. The highest BCUT2D eigenvalue weighted by molar-refractivity contribution is 9.10. The van der Waals surface area contributed by atoms with E-state index in [-0.39, 0.29) is 5.41 Å². The number of rotatable bonds is 6. The van der Waals surface area contributed by atoms with Gasteiger partial charge in [0.2, 0.25) is 0 Å². The number of fused-ring (bicyclic) bond motifs is 3. The summed E-state index contributed by atoms with van der Waals surface area (Å²) in [5.41, 5.74) is 8.81. The van der Waals surface area contributed by atoms with E-state index in [4.69, 9.17) is 4.74 Å². The topological polar surface area (TPSA) is 77.2 Å². The molecule has 3 aromatic carbocycles. The summed E-state index contributed by atoms with van der Waals surface area (Å²) in [6.07, 6.45) is 1.69. The molecule has 0 aliphatic carbocycles. The molecule has 2 aromatic heterocycles. The van der Waals surface area contributed by atoms with Crippen molar-refractivity contribution < 1.29 is 4.74 Å². The van der Waals surface area contributed by atoms with Crippen LogP contribution in [0.4, 0.5) is 5.95 Å². The van der Waals surface area contributed by atoms with Gasteiger partial charge in [0.25, 0.3) is 5.95 Å². The fourth-order valence-corrected chi connectivity index (χ4v) is 4.41. The quantitative estimate of drug-likeness (QED) is 0.193. The van der Waals surface area contributed by atoms with Crippen LogP contribution in [0.15, 0.2) is 76.3 Å². The summed E-state index contributed by atoms with van der Waals surface area (Å²) in [7, 11) is 1.97. The number of anilines is 1. The smallest absolute Gasteiger partial charge is 0.265 e. The zero-order valence-electron chi connectivity index (χ0n) is 20.7. The zero-order chi connectivity index (χ0) is 25.3. The lowest BCUT2D eigenvalue weighted by molar-refractivity contribution is 0.305. The van der Waals surface area contributed by atoms with Crippen LogP contribution in [0.5, 0.6) is 5.75 Å². The van der Waals surface area contributed by atoms with E-state index in [2.05, 4.69) is 86.7 Å². The summed E-state index contributed by atoms with van der Waals surface area (Å²) >= 11 is 3.53. The molecule has 182 valence electrons. The molecule has 5 rings (SSSR count). The van der Waals surface area contributed by atoms with E-state index in [1.54, 1.807) is 6.21 Å². The van der Waals surface area contributed by atoms with Crippen LogP contribution in [0, 0.1) is 0 Å². The van der Waals surface area contributed by atoms with E-state index in [1.807, 2.05) is 54.1 Å².